The van der Waals surface area contributed by atoms with Crippen LogP contribution in [0.25, 0.3) is 10.9 Å². The Hall–Kier alpha value is -4.17. The summed E-state index contributed by atoms with van der Waals surface area (Å²) in [4.78, 5) is 53.5. The maximum atomic E-state index is 15.3. The molecule has 5 fully saturated rings. The molecule has 6 heterocycles. The van der Waals surface area contributed by atoms with Gasteiger partial charge in [0.15, 0.2) is 6.10 Å². The molecule has 12 atom stereocenters. The fraction of sp³-hybridized carbons (Fsp3) is 0.630. The average Bonchev–Trinajstić information content (AvgIpc) is 3.70. The number of rotatable bonds is 7. The number of hydrogen-bond acceptors (Lipinski definition) is 12. The standard InChI is InChI=1S/C46H58N4O9/c1-8-42(54)19-26-20-45(40(52)57-6,36-29(23-49(21-26)24-42)28-12-10-11-13-33(28)47-36)32-17-31-34(18-35(32)56-5)48(4)38-44(31)14-15-50-22-27-16-30(27)43(9-2,37(44)50)39(59-25(3)51)46(38,55)41(53)58-7/h10-13,17-18,26-27,30,37-39,47,54-55H,8-9,14-16,19-24H2,1-7H3/t26-,27-,30-,37+,38-,39-,42+,43-,44-,45+,46+/m1/s1. The molecular weight excluding hydrogens is 753 g/mol. The number of methoxy groups -OCH3 is 3. The Morgan fingerprint density at radius 1 is 0.949 bits per heavy atom. The first-order valence-electron chi connectivity index (χ1n) is 21.5. The molecular formula is C46H58N4O9. The molecule has 2 aliphatic carbocycles. The van der Waals surface area contributed by atoms with Crippen LogP contribution in [0.3, 0.4) is 0 Å². The van der Waals surface area contributed by atoms with E-state index in [9.17, 15) is 19.8 Å². The molecule has 2 saturated carbocycles. The lowest BCUT2D eigenvalue weighted by Crippen LogP contribution is -2.82. The summed E-state index contributed by atoms with van der Waals surface area (Å²) in [7, 11) is 6.23. The third-order valence-electron chi connectivity index (χ3n) is 16.6. The van der Waals surface area contributed by atoms with Gasteiger partial charge in [-0.05, 0) is 86.1 Å². The van der Waals surface area contributed by atoms with Gasteiger partial charge in [0.05, 0.1) is 33.0 Å². The summed E-state index contributed by atoms with van der Waals surface area (Å²) in [5.41, 5.74) is -1.21. The molecule has 10 rings (SSSR count). The maximum Gasteiger partial charge on any atom is 0.344 e. The van der Waals surface area contributed by atoms with E-state index in [2.05, 4.69) is 33.8 Å². The molecule has 2 aromatic carbocycles. The first-order chi connectivity index (χ1) is 28.2. The van der Waals surface area contributed by atoms with Crippen LogP contribution in [0.15, 0.2) is 36.4 Å². The highest BCUT2D eigenvalue weighted by Gasteiger charge is 2.84. The lowest BCUT2D eigenvalue weighted by molar-refractivity contribution is -0.245. The molecule has 13 nitrogen and oxygen atoms in total. The zero-order valence-corrected chi connectivity index (χ0v) is 35.3. The summed E-state index contributed by atoms with van der Waals surface area (Å²) in [6.45, 7) is 8.85. The Morgan fingerprint density at radius 2 is 1.71 bits per heavy atom. The minimum Gasteiger partial charge on any atom is -0.496 e. The van der Waals surface area contributed by atoms with E-state index < -0.39 is 57.5 Å². The molecule has 0 amide bonds. The molecule has 13 heteroatoms. The quantitative estimate of drug-likeness (QED) is 0.233. The molecule has 3 aromatic rings. The van der Waals surface area contributed by atoms with Crippen LogP contribution >= 0.6 is 0 Å². The highest BCUT2D eigenvalue weighted by atomic mass is 16.6. The summed E-state index contributed by atoms with van der Waals surface area (Å²) < 4.78 is 24.1. The number of fused-ring (bicyclic) bond motifs is 8. The first-order valence-corrected chi connectivity index (χ1v) is 21.5. The van der Waals surface area contributed by atoms with Gasteiger partial charge >= 0.3 is 17.9 Å². The highest BCUT2D eigenvalue weighted by molar-refractivity contribution is 5.95. The number of benzene rings is 2. The van der Waals surface area contributed by atoms with Crippen LogP contribution in [0.4, 0.5) is 5.69 Å². The highest BCUT2D eigenvalue weighted by Crippen LogP contribution is 2.74. The Labute approximate surface area is 345 Å². The number of anilines is 1. The second-order valence-electron chi connectivity index (χ2n) is 19.1. The fourth-order valence-electron chi connectivity index (χ4n) is 14.7. The van der Waals surface area contributed by atoms with Crippen molar-refractivity contribution in [3.05, 3.63) is 58.8 Å². The maximum absolute atomic E-state index is 15.3. The monoisotopic (exact) mass is 810 g/mol. The van der Waals surface area contributed by atoms with Gasteiger partial charge < -0.3 is 39.0 Å². The molecule has 3 saturated heterocycles. The third-order valence-corrected chi connectivity index (χ3v) is 16.6. The van der Waals surface area contributed by atoms with Crippen LogP contribution in [-0.2, 0) is 46.0 Å². The van der Waals surface area contributed by atoms with Crippen molar-refractivity contribution in [2.75, 3.05) is 59.5 Å². The number of aromatic nitrogens is 1. The number of likely N-dealkylation sites (N-methyl/N-ethyl adjacent to an activating group) is 1. The number of esters is 3. The van der Waals surface area contributed by atoms with Crippen LogP contribution in [-0.4, -0.2) is 127 Å². The van der Waals surface area contributed by atoms with Crippen molar-refractivity contribution in [2.45, 2.75) is 106 Å². The lowest BCUT2D eigenvalue weighted by Gasteiger charge is -2.65. The van der Waals surface area contributed by atoms with Crippen molar-refractivity contribution in [1.29, 1.82) is 0 Å². The molecule has 1 unspecified atom stereocenters. The van der Waals surface area contributed by atoms with Gasteiger partial charge in [-0.3, -0.25) is 19.4 Å². The van der Waals surface area contributed by atoms with E-state index in [4.69, 9.17) is 18.9 Å². The number of aromatic amines is 1. The Morgan fingerprint density at radius 3 is 2.41 bits per heavy atom. The van der Waals surface area contributed by atoms with Gasteiger partial charge in [0.2, 0.25) is 5.60 Å². The van der Waals surface area contributed by atoms with Crippen LogP contribution in [0.1, 0.15) is 81.7 Å². The number of carbonyl (C=O) groups excluding carboxylic acids is 3. The second kappa shape index (κ2) is 12.9. The van der Waals surface area contributed by atoms with E-state index in [1.165, 1.54) is 21.1 Å². The summed E-state index contributed by atoms with van der Waals surface area (Å²) in [5.74, 6) is -0.930. The molecule has 1 aromatic heterocycles. The summed E-state index contributed by atoms with van der Waals surface area (Å²) in [6.07, 6.45) is 2.42. The van der Waals surface area contributed by atoms with Crippen molar-refractivity contribution < 1.29 is 43.5 Å². The van der Waals surface area contributed by atoms with E-state index >= 15 is 4.79 Å². The summed E-state index contributed by atoms with van der Waals surface area (Å²) in [6, 6.07) is 11.1. The van der Waals surface area contributed by atoms with Gasteiger partial charge in [-0.25, -0.2) is 4.79 Å². The summed E-state index contributed by atoms with van der Waals surface area (Å²) >= 11 is 0. The number of hydrogen-bond donors (Lipinski definition) is 3. The van der Waals surface area contributed by atoms with E-state index in [1.54, 1.807) is 7.11 Å². The number of ether oxygens (including phenoxy) is 4. The Bertz CT molecular complexity index is 2280. The SMILES string of the molecule is CC[C@]1(O)C[C@H]2CN(Cc3c([nH]c4ccccc34)[C@@](C(=O)OC)(c3cc4c(cc3OC)N(C)[C@H]3[C@@](O)(C(=O)OC)[C@H](OC(C)=O)[C@]5(CC)[C@@H]6C[C@@H]6CN6CC[C@]43[C@@H]65)C2)C1. The van der Waals surface area contributed by atoms with Crippen LogP contribution in [0, 0.1) is 23.2 Å². The predicted molar refractivity (Wildman–Crippen MR) is 218 cm³/mol. The van der Waals surface area contributed by atoms with Crippen LogP contribution < -0.4 is 9.64 Å². The third kappa shape index (κ3) is 4.79. The predicted octanol–water partition coefficient (Wildman–Crippen LogP) is 4.03. The smallest absolute Gasteiger partial charge is 0.344 e. The average molecular weight is 811 g/mol. The Balaban J connectivity index is 1.28. The van der Waals surface area contributed by atoms with Crippen molar-refractivity contribution >= 4 is 34.5 Å². The largest absolute Gasteiger partial charge is 0.496 e. The van der Waals surface area contributed by atoms with Gasteiger partial charge in [-0.2, -0.15) is 0 Å². The van der Waals surface area contributed by atoms with Gasteiger partial charge in [0.1, 0.15) is 11.2 Å². The molecule has 5 aliphatic heterocycles. The minimum atomic E-state index is -2.24. The molecule has 1 spiro atoms. The molecule has 59 heavy (non-hydrogen) atoms. The fourth-order valence-corrected chi connectivity index (χ4v) is 14.7. The van der Waals surface area contributed by atoms with Gasteiger partial charge in [0, 0.05) is 90.9 Å². The summed E-state index contributed by atoms with van der Waals surface area (Å²) in [5, 5.41) is 26.5. The van der Waals surface area contributed by atoms with Gasteiger partial charge in [-0.1, -0.05) is 32.0 Å². The van der Waals surface area contributed by atoms with Gasteiger partial charge in [0.25, 0.3) is 0 Å². The molecule has 0 radical (unpaired) electrons. The molecule has 3 N–H and O–H groups in total. The number of carbonyl (C=O) groups is 3. The van der Waals surface area contributed by atoms with Crippen LogP contribution in [0.5, 0.6) is 5.75 Å². The van der Waals surface area contributed by atoms with Crippen molar-refractivity contribution in [1.82, 2.24) is 14.8 Å². The van der Waals surface area contributed by atoms with E-state index in [1.807, 2.05) is 43.1 Å². The van der Waals surface area contributed by atoms with Crippen molar-refractivity contribution in [3.63, 3.8) is 0 Å². The Kier molecular flexibility index (Phi) is 8.54. The first kappa shape index (κ1) is 39.0. The van der Waals surface area contributed by atoms with Crippen molar-refractivity contribution in [2.24, 2.45) is 23.2 Å². The molecule has 316 valence electrons. The van der Waals surface area contributed by atoms with E-state index in [0.717, 1.165) is 52.9 Å². The number of nitrogens with one attached hydrogen (secondary N) is 1. The number of H-pyrrole nitrogens is 1. The molecule has 2 bridgehead atoms. The molecule has 7 aliphatic rings. The number of nitrogens with zero attached hydrogens (tertiary/aromatic N) is 3. The lowest BCUT2D eigenvalue weighted by atomic mass is 9.46. The number of piperidine rings is 2. The van der Waals surface area contributed by atoms with E-state index in [-0.39, 0.29) is 17.9 Å². The zero-order chi connectivity index (χ0) is 41.6. The normalized spacial score (nSPS) is 40.1. The minimum absolute atomic E-state index is 0.0812. The van der Waals surface area contributed by atoms with E-state index in [0.29, 0.717) is 69.0 Å². The van der Waals surface area contributed by atoms with Gasteiger partial charge in [-0.15, -0.1) is 0 Å². The number of aliphatic hydroxyl groups is 2. The van der Waals surface area contributed by atoms with Crippen molar-refractivity contribution in [3.8, 4) is 5.75 Å². The zero-order valence-electron chi connectivity index (χ0n) is 35.3. The topological polar surface area (TPSA) is 154 Å². The van der Waals surface area contributed by atoms with Crippen LogP contribution in [0.2, 0.25) is 0 Å². The number of para-hydroxylation sites is 1. The second-order valence-corrected chi connectivity index (χ2v) is 19.1.